The molecule has 19 heavy (non-hydrogen) atoms. The summed E-state index contributed by atoms with van der Waals surface area (Å²) < 4.78 is 0. The average molecular weight is 302 g/mol. The Morgan fingerprint density at radius 1 is 1.21 bits per heavy atom. The number of benzene rings is 1. The Morgan fingerprint density at radius 3 is 2.32 bits per heavy atom. The molecule has 0 aromatic heterocycles. The Morgan fingerprint density at radius 2 is 1.79 bits per heavy atom. The molecule has 2 nitrogen and oxygen atoms in total. The van der Waals surface area contributed by atoms with E-state index in [-0.39, 0.29) is 11.3 Å². The summed E-state index contributed by atoms with van der Waals surface area (Å²) in [5.41, 5.74) is 0.954. The minimum absolute atomic E-state index is 0.000992. The van der Waals surface area contributed by atoms with Gasteiger partial charge in [-0.05, 0) is 23.6 Å². The SMILES string of the molecule is CCC(CC)C(Cl)CNC(=O)Cc1ccc(Cl)cc1. The van der Waals surface area contributed by atoms with Crippen molar-refractivity contribution in [3.63, 3.8) is 0 Å². The summed E-state index contributed by atoms with van der Waals surface area (Å²) in [6.45, 7) is 4.78. The summed E-state index contributed by atoms with van der Waals surface area (Å²) in [5, 5.41) is 3.57. The molecule has 0 spiro atoms. The van der Waals surface area contributed by atoms with Crippen LogP contribution in [0.5, 0.6) is 0 Å². The van der Waals surface area contributed by atoms with Crippen molar-refractivity contribution in [2.75, 3.05) is 6.54 Å². The van der Waals surface area contributed by atoms with Gasteiger partial charge in [-0.25, -0.2) is 0 Å². The Hall–Kier alpha value is -0.730. The highest BCUT2D eigenvalue weighted by Gasteiger charge is 2.16. The van der Waals surface area contributed by atoms with Crippen molar-refractivity contribution in [2.24, 2.45) is 5.92 Å². The lowest BCUT2D eigenvalue weighted by Gasteiger charge is -2.19. The number of hydrogen-bond acceptors (Lipinski definition) is 1. The monoisotopic (exact) mass is 301 g/mol. The van der Waals surface area contributed by atoms with Crippen LogP contribution in [-0.2, 0) is 11.2 Å². The van der Waals surface area contributed by atoms with Crippen LogP contribution in [0.2, 0.25) is 5.02 Å². The molecule has 1 aromatic rings. The summed E-state index contributed by atoms with van der Waals surface area (Å²) >= 11 is 12.1. The molecule has 0 saturated heterocycles. The molecule has 0 aliphatic heterocycles. The van der Waals surface area contributed by atoms with E-state index in [0.29, 0.717) is 23.9 Å². The number of alkyl halides is 1. The first-order valence-electron chi connectivity index (χ1n) is 6.72. The molecule has 1 unspecified atom stereocenters. The highest BCUT2D eigenvalue weighted by molar-refractivity contribution is 6.30. The molecule has 1 atom stereocenters. The van der Waals surface area contributed by atoms with E-state index >= 15 is 0 Å². The van der Waals surface area contributed by atoms with Crippen molar-refractivity contribution in [3.8, 4) is 0 Å². The minimum atomic E-state index is -0.000992. The quantitative estimate of drug-likeness (QED) is 0.757. The second-order valence-electron chi connectivity index (χ2n) is 4.70. The molecule has 0 fully saturated rings. The van der Waals surface area contributed by atoms with E-state index in [1.807, 2.05) is 12.1 Å². The Kier molecular flexibility index (Phi) is 7.25. The summed E-state index contributed by atoms with van der Waals surface area (Å²) in [7, 11) is 0. The van der Waals surface area contributed by atoms with Crippen molar-refractivity contribution in [2.45, 2.75) is 38.5 Å². The van der Waals surface area contributed by atoms with Gasteiger partial charge in [-0.2, -0.15) is 0 Å². The maximum atomic E-state index is 11.8. The predicted octanol–water partition coefficient (Wildman–Crippen LogP) is 4.04. The molecule has 1 N–H and O–H groups in total. The number of rotatable bonds is 7. The number of halogens is 2. The van der Waals surface area contributed by atoms with E-state index in [4.69, 9.17) is 23.2 Å². The average Bonchev–Trinajstić information content (AvgIpc) is 2.40. The van der Waals surface area contributed by atoms with Crippen LogP contribution < -0.4 is 5.32 Å². The standard InChI is InChI=1S/C15H21Cl2NO/c1-3-12(4-2)14(17)10-18-15(19)9-11-5-7-13(16)8-6-11/h5-8,12,14H,3-4,9-10H2,1-2H3,(H,18,19). The lowest BCUT2D eigenvalue weighted by Crippen LogP contribution is -2.34. The summed E-state index contributed by atoms with van der Waals surface area (Å²) in [6, 6.07) is 7.30. The van der Waals surface area contributed by atoms with Crippen LogP contribution in [0, 0.1) is 5.92 Å². The van der Waals surface area contributed by atoms with E-state index in [1.54, 1.807) is 12.1 Å². The van der Waals surface area contributed by atoms with E-state index in [9.17, 15) is 4.79 Å². The normalized spacial score (nSPS) is 12.5. The fourth-order valence-corrected chi connectivity index (χ4v) is 2.59. The van der Waals surface area contributed by atoms with Gasteiger partial charge in [0.05, 0.1) is 11.8 Å². The Labute approximate surface area is 125 Å². The molecule has 4 heteroatoms. The zero-order valence-electron chi connectivity index (χ0n) is 11.5. The van der Waals surface area contributed by atoms with Gasteiger partial charge in [0.1, 0.15) is 0 Å². The molecule has 0 aliphatic carbocycles. The first-order valence-corrected chi connectivity index (χ1v) is 7.53. The number of amides is 1. The molecule has 0 heterocycles. The van der Waals surface area contributed by atoms with Gasteiger partial charge in [0.25, 0.3) is 0 Å². The van der Waals surface area contributed by atoms with Crippen molar-refractivity contribution in [3.05, 3.63) is 34.9 Å². The topological polar surface area (TPSA) is 29.1 Å². The highest BCUT2D eigenvalue weighted by Crippen LogP contribution is 2.17. The van der Waals surface area contributed by atoms with Crippen molar-refractivity contribution >= 4 is 29.1 Å². The number of carbonyl (C=O) groups excluding carboxylic acids is 1. The smallest absolute Gasteiger partial charge is 0.224 e. The van der Waals surface area contributed by atoms with Crippen molar-refractivity contribution in [1.29, 1.82) is 0 Å². The third-order valence-corrected chi connectivity index (χ3v) is 4.10. The third-order valence-electron chi connectivity index (χ3n) is 3.33. The van der Waals surface area contributed by atoms with Gasteiger partial charge in [0.2, 0.25) is 5.91 Å². The zero-order chi connectivity index (χ0) is 14.3. The maximum absolute atomic E-state index is 11.8. The van der Waals surface area contributed by atoms with Crippen LogP contribution in [-0.4, -0.2) is 17.8 Å². The molecular formula is C15H21Cl2NO. The second-order valence-corrected chi connectivity index (χ2v) is 5.70. The Bertz CT molecular complexity index is 388. The van der Waals surface area contributed by atoms with Crippen molar-refractivity contribution in [1.82, 2.24) is 5.32 Å². The maximum Gasteiger partial charge on any atom is 0.224 e. The van der Waals surface area contributed by atoms with Gasteiger partial charge in [-0.3, -0.25) is 4.79 Å². The van der Waals surface area contributed by atoms with Gasteiger partial charge in [-0.1, -0.05) is 50.4 Å². The molecular weight excluding hydrogens is 281 g/mol. The molecule has 1 rings (SSSR count). The van der Waals surface area contributed by atoms with Crippen LogP contribution >= 0.6 is 23.2 Å². The lowest BCUT2D eigenvalue weighted by atomic mass is 9.99. The van der Waals surface area contributed by atoms with E-state index in [2.05, 4.69) is 19.2 Å². The summed E-state index contributed by atoms with van der Waals surface area (Å²) in [5.74, 6) is 0.455. The van der Waals surface area contributed by atoms with Gasteiger partial charge >= 0.3 is 0 Å². The molecule has 0 radical (unpaired) electrons. The molecule has 0 aliphatic rings. The fourth-order valence-electron chi connectivity index (χ4n) is 2.03. The first-order chi connectivity index (χ1) is 9.06. The van der Waals surface area contributed by atoms with E-state index in [1.165, 1.54) is 0 Å². The molecule has 1 amide bonds. The molecule has 0 bridgehead atoms. The summed E-state index contributed by atoms with van der Waals surface area (Å²) in [6.07, 6.45) is 2.44. The fraction of sp³-hybridized carbons (Fsp3) is 0.533. The van der Waals surface area contributed by atoms with Crippen LogP contribution in [0.25, 0.3) is 0 Å². The van der Waals surface area contributed by atoms with Crippen LogP contribution in [0.1, 0.15) is 32.3 Å². The number of carbonyl (C=O) groups is 1. The first kappa shape index (κ1) is 16.3. The van der Waals surface area contributed by atoms with Crippen LogP contribution in [0.4, 0.5) is 0 Å². The van der Waals surface area contributed by atoms with Gasteiger partial charge in [0.15, 0.2) is 0 Å². The third kappa shape index (κ3) is 5.84. The Balaban J connectivity index is 2.37. The molecule has 1 aromatic carbocycles. The predicted molar refractivity (Wildman–Crippen MR) is 81.9 cm³/mol. The summed E-state index contributed by atoms with van der Waals surface area (Å²) in [4.78, 5) is 11.8. The zero-order valence-corrected chi connectivity index (χ0v) is 13.0. The highest BCUT2D eigenvalue weighted by atomic mass is 35.5. The number of nitrogens with one attached hydrogen (secondary N) is 1. The molecule has 106 valence electrons. The minimum Gasteiger partial charge on any atom is -0.354 e. The van der Waals surface area contributed by atoms with E-state index < -0.39 is 0 Å². The van der Waals surface area contributed by atoms with Crippen LogP contribution in [0.3, 0.4) is 0 Å². The second kappa shape index (κ2) is 8.44. The van der Waals surface area contributed by atoms with Crippen molar-refractivity contribution < 1.29 is 4.79 Å². The van der Waals surface area contributed by atoms with Gasteiger partial charge < -0.3 is 5.32 Å². The number of hydrogen-bond donors (Lipinski definition) is 1. The lowest BCUT2D eigenvalue weighted by molar-refractivity contribution is -0.120. The largest absolute Gasteiger partial charge is 0.354 e. The van der Waals surface area contributed by atoms with Crippen LogP contribution in [0.15, 0.2) is 24.3 Å². The van der Waals surface area contributed by atoms with Gasteiger partial charge in [-0.15, -0.1) is 11.6 Å². The molecule has 0 saturated carbocycles. The van der Waals surface area contributed by atoms with Gasteiger partial charge in [0, 0.05) is 11.6 Å². The van der Waals surface area contributed by atoms with E-state index in [0.717, 1.165) is 18.4 Å².